The zero-order valence-electron chi connectivity index (χ0n) is 32.9. The fourth-order valence-electron chi connectivity index (χ4n) is 10.5. The highest BCUT2D eigenvalue weighted by atomic mass is 32.1. The molecule has 1 aromatic heterocycles. The summed E-state index contributed by atoms with van der Waals surface area (Å²) in [6.45, 7) is 11.7. The van der Waals surface area contributed by atoms with Crippen molar-refractivity contribution in [2.75, 3.05) is 9.71 Å². The van der Waals surface area contributed by atoms with E-state index >= 15 is 0 Å². The highest BCUT2D eigenvalue weighted by molar-refractivity contribution is 7.26. The van der Waals surface area contributed by atoms with Gasteiger partial charge in [-0.2, -0.15) is 0 Å². The van der Waals surface area contributed by atoms with Crippen molar-refractivity contribution in [1.82, 2.24) is 0 Å². The average Bonchev–Trinajstić information content (AvgIpc) is 3.62. The van der Waals surface area contributed by atoms with Crippen LogP contribution in [-0.2, 0) is 10.8 Å². The molecule has 3 aliphatic heterocycles. The topological polar surface area (TPSA) is 6.48 Å². The first-order valence-corrected chi connectivity index (χ1v) is 21.0. The summed E-state index contributed by atoms with van der Waals surface area (Å²) in [6, 6.07) is 59.9. The number of hydrogen-bond donors (Lipinski definition) is 0. The van der Waals surface area contributed by atoms with Gasteiger partial charge >= 0.3 is 6.85 Å². The maximum absolute atomic E-state index is 2.74. The van der Waals surface area contributed by atoms with E-state index in [1.165, 1.54) is 109 Å². The molecule has 0 amide bonds. The number of hydrogen-bond acceptors (Lipinski definition) is 3. The van der Waals surface area contributed by atoms with Gasteiger partial charge in [0.2, 0.25) is 0 Å². The van der Waals surface area contributed by atoms with Crippen LogP contribution in [0.15, 0.2) is 158 Å². The molecule has 0 N–H and O–H groups in total. The normalized spacial score (nSPS) is 14.8. The lowest BCUT2D eigenvalue weighted by molar-refractivity contribution is 0.590. The van der Waals surface area contributed by atoms with Gasteiger partial charge in [0.1, 0.15) is 0 Å². The number of fused-ring (bicyclic) bond motifs is 12. The van der Waals surface area contributed by atoms with E-state index in [0.29, 0.717) is 0 Å². The van der Waals surface area contributed by atoms with Gasteiger partial charge in [0, 0.05) is 48.7 Å². The highest BCUT2D eigenvalue weighted by Crippen LogP contribution is 2.58. The Bertz CT molecular complexity index is 3170. The lowest BCUT2D eigenvalue weighted by Crippen LogP contribution is -2.63. The molecular formula is C53H41BN2S. The van der Waals surface area contributed by atoms with Crippen molar-refractivity contribution in [3.8, 4) is 22.3 Å². The Balaban J connectivity index is 1.30. The zero-order valence-corrected chi connectivity index (χ0v) is 33.7. The molecule has 0 spiro atoms. The van der Waals surface area contributed by atoms with Gasteiger partial charge in [-0.05, 0) is 108 Å². The predicted octanol–water partition coefficient (Wildman–Crippen LogP) is 13.5. The third kappa shape index (κ3) is 4.42. The van der Waals surface area contributed by atoms with E-state index in [2.05, 4.69) is 202 Å². The van der Waals surface area contributed by atoms with Crippen molar-refractivity contribution in [1.29, 1.82) is 0 Å². The van der Waals surface area contributed by atoms with Gasteiger partial charge in [-0.1, -0.05) is 150 Å². The number of benzene rings is 8. The van der Waals surface area contributed by atoms with Crippen molar-refractivity contribution >= 4 is 88.5 Å². The van der Waals surface area contributed by atoms with Gasteiger partial charge in [0.05, 0.1) is 5.69 Å². The fourth-order valence-corrected chi connectivity index (χ4v) is 11.6. The number of thiophene rings is 1. The monoisotopic (exact) mass is 748 g/mol. The molecule has 0 radical (unpaired) electrons. The van der Waals surface area contributed by atoms with Crippen LogP contribution in [0.1, 0.15) is 51.3 Å². The minimum atomic E-state index is -0.173. The maximum atomic E-state index is 2.74. The summed E-state index contributed by atoms with van der Waals surface area (Å²) < 4.78 is 2.66. The molecule has 4 heterocycles. The van der Waals surface area contributed by atoms with Crippen molar-refractivity contribution in [2.45, 2.75) is 45.4 Å². The van der Waals surface area contributed by atoms with E-state index in [9.17, 15) is 0 Å². The molecule has 0 unspecified atom stereocenters. The van der Waals surface area contributed by atoms with Crippen LogP contribution in [0.4, 0.5) is 28.4 Å². The summed E-state index contributed by atoms with van der Waals surface area (Å²) in [4.78, 5) is 5.38. The van der Waals surface area contributed by atoms with Crippen LogP contribution in [0.2, 0.25) is 0 Å². The smallest absolute Gasteiger partial charge is 0.333 e. The van der Waals surface area contributed by atoms with E-state index in [-0.39, 0.29) is 17.7 Å². The number of rotatable bonds is 2. The van der Waals surface area contributed by atoms with Crippen molar-refractivity contribution in [3.05, 3.63) is 174 Å². The standard InChI is InChI=1S/C53H41BN2S/c1-52(2,3)34-26-27-41(38(31-34)32-16-7-6-8-17-32)55-43-28-29-46-48(36-20-11-14-25-45(36)57-46)49(43)54-50-44(55)30-33-18-9-10-19-35(33)47(50)37-21-15-23-40-51(37)56(54)42-24-13-12-22-39(42)53(40,4)5/h6-31H,1-5H3. The molecule has 272 valence electrons. The molecule has 2 nitrogen and oxygen atoms in total. The quantitative estimate of drug-likeness (QED) is 0.162. The summed E-state index contributed by atoms with van der Waals surface area (Å²) in [5.74, 6) is 0. The third-order valence-electron chi connectivity index (χ3n) is 13.2. The molecule has 0 fully saturated rings. The van der Waals surface area contributed by atoms with Crippen molar-refractivity contribution in [3.63, 3.8) is 0 Å². The Kier molecular flexibility index (Phi) is 6.67. The van der Waals surface area contributed by atoms with Gasteiger partial charge in [-0.25, -0.2) is 0 Å². The van der Waals surface area contributed by atoms with Crippen LogP contribution in [0.3, 0.4) is 0 Å². The first-order chi connectivity index (χ1) is 27.7. The Morgan fingerprint density at radius 2 is 1.26 bits per heavy atom. The van der Waals surface area contributed by atoms with Gasteiger partial charge in [-0.15, -0.1) is 11.3 Å². The first-order valence-electron chi connectivity index (χ1n) is 20.2. The van der Waals surface area contributed by atoms with Gasteiger partial charge in [-0.3, -0.25) is 0 Å². The van der Waals surface area contributed by atoms with Crippen molar-refractivity contribution < 1.29 is 0 Å². The number of para-hydroxylation sites is 2. The van der Waals surface area contributed by atoms with Crippen LogP contribution in [0, 0.1) is 0 Å². The zero-order chi connectivity index (χ0) is 38.4. The third-order valence-corrected chi connectivity index (χ3v) is 14.3. The predicted molar refractivity (Wildman–Crippen MR) is 247 cm³/mol. The second-order valence-electron chi connectivity index (χ2n) is 17.7. The summed E-state index contributed by atoms with van der Waals surface area (Å²) in [5, 5.41) is 5.26. The Morgan fingerprint density at radius 1 is 0.544 bits per heavy atom. The number of anilines is 5. The van der Waals surface area contributed by atoms with Crippen LogP contribution in [-0.4, -0.2) is 6.85 Å². The largest absolute Gasteiger partial charge is 0.376 e. The van der Waals surface area contributed by atoms with Crippen LogP contribution < -0.4 is 20.6 Å². The molecule has 3 aliphatic rings. The van der Waals surface area contributed by atoms with Crippen molar-refractivity contribution in [2.24, 2.45) is 0 Å². The molecule has 8 aromatic carbocycles. The Labute approximate surface area is 338 Å². The molecule has 4 heteroatoms. The second-order valence-corrected chi connectivity index (χ2v) is 18.8. The number of nitrogens with zero attached hydrogens (tertiary/aromatic N) is 2. The van der Waals surface area contributed by atoms with Gasteiger partial charge in [0.15, 0.2) is 0 Å². The average molecular weight is 749 g/mol. The highest BCUT2D eigenvalue weighted by Gasteiger charge is 2.51. The first kappa shape index (κ1) is 33.1. The fraction of sp³-hybridized carbons (Fsp3) is 0.132. The molecule has 9 aromatic rings. The maximum Gasteiger partial charge on any atom is 0.333 e. The SMILES string of the molecule is CC(C)(C)c1ccc(N2c3cc4ccccc4c4c3B(c3c2ccc2sc5ccccc5c32)N2c3ccccc3C(C)(C)c3cccc-4c32)c(-c2ccccc2)c1. The summed E-state index contributed by atoms with van der Waals surface area (Å²) in [5.41, 5.74) is 18.1. The van der Waals surface area contributed by atoms with E-state index < -0.39 is 0 Å². The second kappa shape index (κ2) is 11.5. The van der Waals surface area contributed by atoms with Gasteiger partial charge in [0.25, 0.3) is 0 Å². The van der Waals surface area contributed by atoms with Crippen LogP contribution >= 0.6 is 11.3 Å². The lowest BCUT2D eigenvalue weighted by atomic mass is 9.41. The summed E-state index contributed by atoms with van der Waals surface area (Å²) in [7, 11) is 0. The minimum Gasteiger partial charge on any atom is -0.376 e. The molecule has 0 bridgehead atoms. The van der Waals surface area contributed by atoms with Gasteiger partial charge < -0.3 is 9.71 Å². The van der Waals surface area contributed by atoms with Crippen LogP contribution in [0.25, 0.3) is 53.2 Å². The molecule has 12 rings (SSSR count). The van der Waals surface area contributed by atoms with E-state index in [0.717, 1.165) is 0 Å². The lowest BCUT2D eigenvalue weighted by Gasteiger charge is -2.51. The Hall–Kier alpha value is -6.10. The summed E-state index contributed by atoms with van der Waals surface area (Å²) in [6.07, 6.45) is 0. The molecule has 0 atom stereocenters. The van der Waals surface area contributed by atoms with E-state index in [1.54, 1.807) is 0 Å². The molecular weight excluding hydrogens is 707 g/mol. The Morgan fingerprint density at radius 3 is 2.11 bits per heavy atom. The van der Waals surface area contributed by atoms with Crippen LogP contribution in [0.5, 0.6) is 0 Å². The molecule has 57 heavy (non-hydrogen) atoms. The minimum absolute atomic E-state index is 0.00627. The van der Waals surface area contributed by atoms with E-state index in [1.807, 2.05) is 11.3 Å². The van der Waals surface area contributed by atoms with E-state index in [4.69, 9.17) is 0 Å². The molecule has 0 aliphatic carbocycles. The molecule has 0 saturated heterocycles. The molecule has 0 saturated carbocycles. The summed E-state index contributed by atoms with van der Waals surface area (Å²) >= 11 is 1.91.